The molecular weight excluding hydrogens is 422 g/mol. The van der Waals surface area contributed by atoms with Gasteiger partial charge in [0.05, 0.1) is 17.1 Å². The van der Waals surface area contributed by atoms with Gasteiger partial charge in [0.15, 0.2) is 5.69 Å². The molecule has 2 aliphatic rings. The molecule has 2 amide bonds. The minimum atomic E-state index is -0.208. The first kappa shape index (κ1) is 20.9. The Morgan fingerprint density at radius 2 is 1.94 bits per heavy atom. The highest BCUT2D eigenvalue weighted by Crippen LogP contribution is 2.56. The van der Waals surface area contributed by atoms with Crippen molar-refractivity contribution in [3.8, 4) is 0 Å². The molecule has 1 saturated carbocycles. The number of amides is 2. The molecule has 0 radical (unpaired) electrons. The highest BCUT2D eigenvalue weighted by molar-refractivity contribution is 7.12. The number of aromatic nitrogens is 3. The third-order valence-electron chi connectivity index (χ3n) is 7.08. The first-order chi connectivity index (χ1) is 15.6. The van der Waals surface area contributed by atoms with Gasteiger partial charge in [0.25, 0.3) is 11.8 Å². The van der Waals surface area contributed by atoms with Gasteiger partial charge in [-0.3, -0.25) is 9.59 Å². The number of likely N-dealkylation sites (tertiary alicyclic amines) is 1. The first-order valence-electron chi connectivity index (χ1n) is 11.1. The molecule has 2 aromatic heterocycles. The zero-order valence-corrected chi connectivity index (χ0v) is 19.0. The first-order valence-corrected chi connectivity index (χ1v) is 12.0. The molecule has 166 valence electrons. The number of thiophene rings is 1. The predicted molar refractivity (Wildman–Crippen MR) is 123 cm³/mol. The largest absolute Gasteiger partial charge is 0.347 e. The van der Waals surface area contributed by atoms with E-state index >= 15 is 0 Å². The lowest BCUT2D eigenvalue weighted by Gasteiger charge is -2.53. The second-order valence-electron chi connectivity index (χ2n) is 8.89. The van der Waals surface area contributed by atoms with Crippen LogP contribution in [0.4, 0.5) is 0 Å². The van der Waals surface area contributed by atoms with Crippen LogP contribution in [0.3, 0.4) is 0 Å². The fourth-order valence-corrected chi connectivity index (χ4v) is 5.86. The third kappa shape index (κ3) is 3.83. The van der Waals surface area contributed by atoms with Gasteiger partial charge in [0.2, 0.25) is 0 Å². The predicted octanol–water partition coefficient (Wildman–Crippen LogP) is 3.84. The van der Waals surface area contributed by atoms with Gasteiger partial charge in [-0.1, -0.05) is 35.5 Å². The molecule has 5 rings (SSSR count). The molecule has 32 heavy (non-hydrogen) atoms. The monoisotopic (exact) mass is 449 g/mol. The highest BCUT2D eigenvalue weighted by Gasteiger charge is 2.50. The molecule has 1 aliphatic heterocycles. The molecule has 2 fully saturated rings. The Kier molecular flexibility index (Phi) is 5.55. The number of carbonyl (C=O) groups excluding carboxylic acids is 2. The second-order valence-corrected chi connectivity index (χ2v) is 9.81. The van der Waals surface area contributed by atoms with Crippen molar-refractivity contribution in [3.05, 3.63) is 69.7 Å². The Morgan fingerprint density at radius 3 is 2.59 bits per heavy atom. The Hall–Kier alpha value is -3.00. The number of nitrogens with one attached hydrogen (secondary N) is 1. The summed E-state index contributed by atoms with van der Waals surface area (Å²) < 4.78 is 1.88. The maximum atomic E-state index is 12.9. The molecule has 1 saturated heterocycles. The van der Waals surface area contributed by atoms with E-state index in [-0.39, 0.29) is 23.3 Å². The van der Waals surface area contributed by atoms with E-state index in [0.717, 1.165) is 54.8 Å². The lowest BCUT2D eigenvalue weighted by molar-refractivity contribution is -0.0267. The Morgan fingerprint density at radius 1 is 1.16 bits per heavy atom. The number of aryl methyl sites for hydroxylation is 1. The van der Waals surface area contributed by atoms with Crippen LogP contribution in [-0.2, 0) is 6.54 Å². The maximum Gasteiger partial charge on any atom is 0.273 e. The zero-order valence-electron chi connectivity index (χ0n) is 18.2. The van der Waals surface area contributed by atoms with E-state index in [1.165, 1.54) is 11.3 Å². The second kappa shape index (κ2) is 8.50. The molecule has 1 aliphatic carbocycles. The van der Waals surface area contributed by atoms with Crippen molar-refractivity contribution >= 4 is 23.2 Å². The van der Waals surface area contributed by atoms with Gasteiger partial charge in [-0.25, -0.2) is 4.68 Å². The number of hydrogen-bond acceptors (Lipinski definition) is 5. The standard InChI is InChI=1S/C24H27N5O2S/c1-17-8-14-32-21(17)23(31)28-12-10-24(11-13-28)9-7-20(24)29-16-19(26-27-29)22(30)25-15-18-5-3-2-4-6-18/h2-6,8,14,16,20H,7,9-13,15H2,1H3,(H,25,30). The molecule has 0 bridgehead atoms. The molecular formula is C24H27N5O2S. The molecule has 7 nitrogen and oxygen atoms in total. The SMILES string of the molecule is Cc1ccsc1C(=O)N1CCC2(CCC2n2cc(C(=O)NCc3ccccc3)nn2)CC1. The van der Waals surface area contributed by atoms with Gasteiger partial charge in [0.1, 0.15) is 0 Å². The van der Waals surface area contributed by atoms with Crippen molar-refractivity contribution in [2.24, 2.45) is 5.41 Å². The Bertz CT molecular complexity index is 1110. The van der Waals surface area contributed by atoms with Gasteiger partial charge >= 0.3 is 0 Å². The van der Waals surface area contributed by atoms with Gasteiger partial charge in [-0.15, -0.1) is 16.4 Å². The van der Waals surface area contributed by atoms with Crippen LogP contribution < -0.4 is 5.32 Å². The summed E-state index contributed by atoms with van der Waals surface area (Å²) in [5.74, 6) is -0.0541. The van der Waals surface area contributed by atoms with Crippen LogP contribution in [0.5, 0.6) is 0 Å². The topological polar surface area (TPSA) is 80.1 Å². The Labute approximate surface area is 191 Å². The van der Waals surface area contributed by atoms with Crippen LogP contribution in [0.1, 0.15) is 63.0 Å². The van der Waals surface area contributed by atoms with Crippen LogP contribution in [0.15, 0.2) is 48.0 Å². The number of piperidine rings is 1. The van der Waals surface area contributed by atoms with E-state index in [1.54, 1.807) is 6.20 Å². The van der Waals surface area contributed by atoms with Gasteiger partial charge in [-0.2, -0.15) is 0 Å². The molecule has 1 unspecified atom stereocenters. The Balaban J connectivity index is 1.20. The van der Waals surface area contributed by atoms with E-state index in [0.29, 0.717) is 12.2 Å². The van der Waals surface area contributed by atoms with Crippen LogP contribution in [-0.4, -0.2) is 44.8 Å². The maximum absolute atomic E-state index is 12.9. The molecule has 3 heterocycles. The molecule has 1 N–H and O–H groups in total. The summed E-state index contributed by atoms with van der Waals surface area (Å²) in [4.78, 5) is 28.2. The summed E-state index contributed by atoms with van der Waals surface area (Å²) in [5, 5.41) is 13.3. The summed E-state index contributed by atoms with van der Waals surface area (Å²) in [5.41, 5.74) is 2.60. The number of rotatable bonds is 5. The van der Waals surface area contributed by atoms with Crippen LogP contribution in [0, 0.1) is 12.3 Å². The summed E-state index contributed by atoms with van der Waals surface area (Å²) >= 11 is 1.52. The highest BCUT2D eigenvalue weighted by atomic mass is 32.1. The van der Waals surface area contributed by atoms with Crippen LogP contribution >= 0.6 is 11.3 Å². The number of benzene rings is 1. The number of carbonyl (C=O) groups is 2. The van der Waals surface area contributed by atoms with Crippen LogP contribution in [0.25, 0.3) is 0 Å². The number of hydrogen-bond donors (Lipinski definition) is 1. The van der Waals surface area contributed by atoms with Gasteiger partial charge < -0.3 is 10.2 Å². The van der Waals surface area contributed by atoms with E-state index < -0.39 is 0 Å². The van der Waals surface area contributed by atoms with E-state index in [4.69, 9.17) is 0 Å². The fourth-order valence-electron chi connectivity index (χ4n) is 4.97. The average molecular weight is 450 g/mol. The normalized spacial score (nSPS) is 19.5. The van der Waals surface area contributed by atoms with Crippen molar-refractivity contribution in [2.45, 2.75) is 45.2 Å². The van der Waals surface area contributed by atoms with Crippen molar-refractivity contribution in [1.82, 2.24) is 25.2 Å². The van der Waals surface area contributed by atoms with Gasteiger partial charge in [0, 0.05) is 19.6 Å². The lowest BCUT2D eigenvalue weighted by Crippen LogP contribution is -2.51. The summed E-state index contributed by atoms with van der Waals surface area (Å²) in [6.07, 6.45) is 5.87. The summed E-state index contributed by atoms with van der Waals surface area (Å²) in [6, 6.07) is 12.1. The molecule has 1 atom stereocenters. The molecule has 1 spiro atoms. The van der Waals surface area contributed by atoms with E-state index in [9.17, 15) is 9.59 Å². The van der Waals surface area contributed by atoms with Crippen molar-refractivity contribution < 1.29 is 9.59 Å². The van der Waals surface area contributed by atoms with Crippen molar-refractivity contribution in [3.63, 3.8) is 0 Å². The van der Waals surface area contributed by atoms with Crippen molar-refractivity contribution in [2.75, 3.05) is 13.1 Å². The molecule has 8 heteroatoms. The van der Waals surface area contributed by atoms with Crippen LogP contribution in [0.2, 0.25) is 0 Å². The smallest absolute Gasteiger partial charge is 0.273 e. The minimum absolute atomic E-state index is 0.146. The molecule has 3 aromatic rings. The summed E-state index contributed by atoms with van der Waals surface area (Å²) in [6.45, 7) is 4.00. The number of nitrogens with zero attached hydrogens (tertiary/aromatic N) is 4. The molecule has 1 aromatic carbocycles. The minimum Gasteiger partial charge on any atom is -0.347 e. The zero-order chi connectivity index (χ0) is 22.1. The summed E-state index contributed by atoms with van der Waals surface area (Å²) in [7, 11) is 0. The average Bonchev–Trinajstić information content (AvgIpc) is 3.46. The van der Waals surface area contributed by atoms with Gasteiger partial charge in [-0.05, 0) is 60.6 Å². The quantitative estimate of drug-likeness (QED) is 0.642. The lowest BCUT2D eigenvalue weighted by atomic mass is 9.59. The van der Waals surface area contributed by atoms with E-state index in [1.807, 2.05) is 58.3 Å². The van der Waals surface area contributed by atoms with Crippen molar-refractivity contribution in [1.29, 1.82) is 0 Å². The fraction of sp³-hybridized carbons (Fsp3) is 0.417. The van der Waals surface area contributed by atoms with E-state index in [2.05, 4.69) is 15.6 Å². The third-order valence-corrected chi connectivity index (χ3v) is 8.09.